The van der Waals surface area contributed by atoms with Gasteiger partial charge < -0.3 is 0 Å². The van der Waals surface area contributed by atoms with E-state index in [0.717, 1.165) is 16.8 Å². The molecule has 0 aliphatic carbocycles. The molecule has 25 heavy (non-hydrogen) atoms. The summed E-state index contributed by atoms with van der Waals surface area (Å²) in [6, 6.07) is 22.0. The Balaban J connectivity index is 1.74. The van der Waals surface area contributed by atoms with Crippen molar-refractivity contribution in [2.45, 2.75) is 19.4 Å². The smallest absolute Gasteiger partial charge is 0.240 e. The molecule has 3 aromatic rings. The fraction of sp³-hybridized carbons (Fsp3) is 0.143. The summed E-state index contributed by atoms with van der Waals surface area (Å²) in [5, 5.41) is 9.17. The molecule has 1 heterocycles. The number of carbonyl (C=O) groups excluding carboxylic acids is 1. The molecule has 0 saturated heterocycles. The first-order chi connectivity index (χ1) is 12.1. The molecular formula is C21H17ClN2O. The molecule has 1 amide bonds. The van der Waals surface area contributed by atoms with E-state index in [1.165, 1.54) is 17.7 Å². The quantitative estimate of drug-likeness (QED) is 0.627. The van der Waals surface area contributed by atoms with Crippen LogP contribution in [0.5, 0.6) is 0 Å². The van der Waals surface area contributed by atoms with Crippen molar-refractivity contribution in [3.63, 3.8) is 0 Å². The Bertz CT molecular complexity index is 996. The summed E-state index contributed by atoms with van der Waals surface area (Å²) in [6.45, 7) is 1.54. The largest absolute Gasteiger partial charge is 0.273 e. The van der Waals surface area contributed by atoms with Crippen LogP contribution in [0.2, 0.25) is 5.02 Å². The fourth-order valence-corrected chi connectivity index (χ4v) is 3.59. The lowest BCUT2D eigenvalue weighted by atomic mass is 9.97. The summed E-state index contributed by atoms with van der Waals surface area (Å²) in [6.07, 6.45) is 0.654. The van der Waals surface area contributed by atoms with Gasteiger partial charge in [0.25, 0.3) is 0 Å². The summed E-state index contributed by atoms with van der Waals surface area (Å²) < 4.78 is 0. The van der Waals surface area contributed by atoms with Gasteiger partial charge in [0, 0.05) is 18.4 Å². The molecule has 0 fully saturated rings. The molecule has 4 rings (SSSR count). The van der Waals surface area contributed by atoms with Crippen LogP contribution in [0.25, 0.3) is 10.8 Å². The Morgan fingerprint density at radius 3 is 2.52 bits per heavy atom. The zero-order valence-corrected chi connectivity index (χ0v) is 14.6. The van der Waals surface area contributed by atoms with Crippen LogP contribution in [0, 0.1) is 0 Å². The first-order valence-electron chi connectivity index (χ1n) is 8.24. The average Bonchev–Trinajstić information content (AvgIpc) is 3.07. The Morgan fingerprint density at radius 1 is 1.04 bits per heavy atom. The molecule has 0 radical (unpaired) electrons. The van der Waals surface area contributed by atoms with Gasteiger partial charge in [-0.15, -0.1) is 0 Å². The van der Waals surface area contributed by atoms with E-state index in [1.807, 2.05) is 36.4 Å². The first-order valence-corrected chi connectivity index (χ1v) is 8.62. The standard InChI is InChI=1S/C21H17ClN2O/c1-14(25)24-21(18-8-4-5-9-19(18)22)13-20(23-24)17-11-10-15-6-2-3-7-16(15)12-17/h2-12,21H,13H2,1H3. The molecule has 1 aliphatic heterocycles. The van der Waals surface area contributed by atoms with Gasteiger partial charge in [-0.25, -0.2) is 5.01 Å². The van der Waals surface area contributed by atoms with E-state index < -0.39 is 0 Å². The lowest BCUT2D eigenvalue weighted by Gasteiger charge is -2.21. The van der Waals surface area contributed by atoms with Crippen molar-refractivity contribution in [1.82, 2.24) is 5.01 Å². The monoisotopic (exact) mass is 348 g/mol. The summed E-state index contributed by atoms with van der Waals surface area (Å²) in [4.78, 5) is 12.1. The number of fused-ring (bicyclic) bond motifs is 1. The number of hydrogen-bond acceptors (Lipinski definition) is 2. The number of hydrazone groups is 1. The number of amides is 1. The van der Waals surface area contributed by atoms with Gasteiger partial charge in [-0.2, -0.15) is 5.10 Å². The van der Waals surface area contributed by atoms with Crippen molar-refractivity contribution in [1.29, 1.82) is 0 Å². The van der Waals surface area contributed by atoms with Gasteiger partial charge in [0.05, 0.1) is 11.8 Å². The zero-order chi connectivity index (χ0) is 17.4. The zero-order valence-electron chi connectivity index (χ0n) is 13.8. The second-order valence-electron chi connectivity index (χ2n) is 6.21. The third kappa shape index (κ3) is 2.92. The molecule has 0 N–H and O–H groups in total. The van der Waals surface area contributed by atoms with Crippen LogP contribution in [0.1, 0.15) is 30.5 Å². The van der Waals surface area contributed by atoms with Gasteiger partial charge in [-0.3, -0.25) is 4.79 Å². The van der Waals surface area contributed by atoms with E-state index >= 15 is 0 Å². The lowest BCUT2D eigenvalue weighted by Crippen LogP contribution is -2.24. The van der Waals surface area contributed by atoms with E-state index in [0.29, 0.717) is 11.4 Å². The van der Waals surface area contributed by atoms with Crippen molar-refractivity contribution >= 4 is 34.0 Å². The SMILES string of the molecule is CC(=O)N1N=C(c2ccc3ccccc3c2)CC1c1ccccc1Cl. The van der Waals surface area contributed by atoms with Gasteiger partial charge in [0.2, 0.25) is 5.91 Å². The average molecular weight is 349 g/mol. The number of carbonyl (C=O) groups is 1. The highest BCUT2D eigenvalue weighted by molar-refractivity contribution is 6.31. The number of halogens is 1. The predicted molar refractivity (Wildman–Crippen MR) is 102 cm³/mol. The highest BCUT2D eigenvalue weighted by Gasteiger charge is 2.32. The molecule has 1 aliphatic rings. The summed E-state index contributed by atoms with van der Waals surface area (Å²) >= 11 is 6.36. The normalized spacial score (nSPS) is 17.0. The molecule has 0 saturated carbocycles. The molecule has 0 bridgehead atoms. The molecule has 3 nitrogen and oxygen atoms in total. The molecule has 0 spiro atoms. The van der Waals surface area contributed by atoms with E-state index in [9.17, 15) is 4.79 Å². The Kier molecular flexibility index (Phi) is 4.02. The number of nitrogens with zero attached hydrogens (tertiary/aromatic N) is 2. The minimum absolute atomic E-state index is 0.0827. The van der Waals surface area contributed by atoms with Crippen LogP contribution in [-0.4, -0.2) is 16.6 Å². The van der Waals surface area contributed by atoms with Crippen LogP contribution >= 0.6 is 11.6 Å². The molecular weight excluding hydrogens is 332 g/mol. The second kappa shape index (κ2) is 6.34. The molecule has 3 aromatic carbocycles. The number of benzene rings is 3. The summed E-state index contributed by atoms with van der Waals surface area (Å²) in [5.41, 5.74) is 2.88. The number of hydrogen-bond donors (Lipinski definition) is 0. The Labute approximate surface area is 151 Å². The summed E-state index contributed by atoms with van der Waals surface area (Å²) in [5.74, 6) is -0.0827. The van der Waals surface area contributed by atoms with E-state index in [1.54, 1.807) is 5.01 Å². The van der Waals surface area contributed by atoms with Gasteiger partial charge in [0.1, 0.15) is 0 Å². The van der Waals surface area contributed by atoms with Crippen molar-refractivity contribution in [3.05, 3.63) is 82.9 Å². The molecule has 1 unspecified atom stereocenters. The predicted octanol–water partition coefficient (Wildman–Crippen LogP) is 5.19. The van der Waals surface area contributed by atoms with Crippen LogP contribution in [0.3, 0.4) is 0 Å². The molecule has 4 heteroatoms. The van der Waals surface area contributed by atoms with Crippen LogP contribution < -0.4 is 0 Å². The second-order valence-corrected chi connectivity index (χ2v) is 6.62. The highest BCUT2D eigenvalue weighted by Crippen LogP contribution is 2.36. The van der Waals surface area contributed by atoms with E-state index in [-0.39, 0.29) is 11.9 Å². The van der Waals surface area contributed by atoms with Crippen LogP contribution in [-0.2, 0) is 4.79 Å². The minimum Gasteiger partial charge on any atom is -0.273 e. The Hall–Kier alpha value is -2.65. The van der Waals surface area contributed by atoms with Crippen LogP contribution in [0.4, 0.5) is 0 Å². The van der Waals surface area contributed by atoms with Crippen LogP contribution in [0.15, 0.2) is 71.8 Å². The molecule has 124 valence electrons. The minimum atomic E-state index is -0.160. The van der Waals surface area contributed by atoms with Crippen molar-refractivity contribution in [3.8, 4) is 0 Å². The number of rotatable bonds is 2. The third-order valence-corrected chi connectivity index (χ3v) is 4.92. The fourth-order valence-electron chi connectivity index (χ4n) is 3.33. The van der Waals surface area contributed by atoms with Crippen molar-refractivity contribution in [2.24, 2.45) is 5.10 Å². The Morgan fingerprint density at radius 2 is 1.76 bits per heavy atom. The maximum absolute atomic E-state index is 12.1. The van der Waals surface area contributed by atoms with Gasteiger partial charge in [-0.1, -0.05) is 66.2 Å². The van der Waals surface area contributed by atoms with Gasteiger partial charge >= 0.3 is 0 Å². The maximum Gasteiger partial charge on any atom is 0.240 e. The van der Waals surface area contributed by atoms with Crippen molar-refractivity contribution < 1.29 is 4.79 Å². The topological polar surface area (TPSA) is 32.7 Å². The van der Waals surface area contributed by atoms with Gasteiger partial charge in [0.15, 0.2) is 0 Å². The summed E-state index contributed by atoms with van der Waals surface area (Å²) in [7, 11) is 0. The van der Waals surface area contributed by atoms with E-state index in [4.69, 9.17) is 11.6 Å². The molecule has 0 aromatic heterocycles. The van der Waals surface area contributed by atoms with Crippen molar-refractivity contribution in [2.75, 3.05) is 0 Å². The highest BCUT2D eigenvalue weighted by atomic mass is 35.5. The van der Waals surface area contributed by atoms with Gasteiger partial charge in [-0.05, 0) is 34.0 Å². The molecule has 1 atom stereocenters. The first kappa shape index (κ1) is 15.9. The van der Waals surface area contributed by atoms with E-state index in [2.05, 4.69) is 35.4 Å². The third-order valence-electron chi connectivity index (χ3n) is 4.58. The maximum atomic E-state index is 12.1. The lowest BCUT2D eigenvalue weighted by molar-refractivity contribution is -0.130.